The molecule has 24 heavy (non-hydrogen) atoms. The van der Waals surface area contributed by atoms with E-state index in [1.807, 2.05) is 18.7 Å². The molecule has 6 nitrogen and oxygen atoms in total. The summed E-state index contributed by atoms with van der Waals surface area (Å²) in [6.45, 7) is 5.14. The number of H-pyrrole nitrogens is 1. The number of ether oxygens (including phenoxy) is 1. The number of nitrogens with one attached hydrogen (secondary N) is 1. The predicted molar refractivity (Wildman–Crippen MR) is 88.7 cm³/mol. The first-order chi connectivity index (χ1) is 11.5. The maximum absolute atomic E-state index is 13.2. The normalized spacial score (nSPS) is 35.6. The molecule has 3 heterocycles. The van der Waals surface area contributed by atoms with Crippen LogP contribution in [0.1, 0.15) is 73.8 Å². The summed E-state index contributed by atoms with van der Waals surface area (Å²) in [5.41, 5.74) is 2.60. The topological polar surface area (TPSA) is 78.5 Å². The molecule has 1 aromatic rings. The van der Waals surface area contributed by atoms with Crippen molar-refractivity contribution < 1.29 is 14.6 Å². The molecule has 0 aromatic carbocycles. The average molecular weight is 333 g/mol. The molecule has 2 fully saturated rings. The molecule has 6 heteroatoms. The first-order valence-electron chi connectivity index (χ1n) is 9.19. The molecule has 4 rings (SSSR count). The van der Waals surface area contributed by atoms with E-state index in [9.17, 15) is 9.90 Å². The number of hydrogen-bond acceptors (Lipinski definition) is 4. The van der Waals surface area contributed by atoms with Crippen LogP contribution >= 0.6 is 0 Å². The maximum Gasteiger partial charge on any atom is 0.275 e. The fraction of sp³-hybridized carbons (Fsp3) is 0.778. The van der Waals surface area contributed by atoms with Crippen LogP contribution in [0, 0.1) is 5.92 Å². The van der Waals surface area contributed by atoms with E-state index in [1.165, 1.54) is 0 Å². The Morgan fingerprint density at radius 1 is 1.38 bits per heavy atom. The number of nitrogens with zero attached hydrogens (tertiary/aromatic N) is 2. The summed E-state index contributed by atoms with van der Waals surface area (Å²) in [5, 5.41) is 16.7. The number of carbonyl (C=O) groups is 1. The lowest BCUT2D eigenvalue weighted by atomic mass is 9.69. The molecule has 132 valence electrons. The minimum Gasteiger partial charge on any atom is -0.396 e. The van der Waals surface area contributed by atoms with Gasteiger partial charge in [-0.15, -0.1) is 0 Å². The van der Waals surface area contributed by atoms with Gasteiger partial charge in [-0.3, -0.25) is 9.89 Å². The second-order valence-electron chi connectivity index (χ2n) is 7.81. The minimum absolute atomic E-state index is 0.0109. The van der Waals surface area contributed by atoms with E-state index in [-0.39, 0.29) is 30.3 Å². The van der Waals surface area contributed by atoms with E-state index >= 15 is 0 Å². The van der Waals surface area contributed by atoms with Gasteiger partial charge in [0.1, 0.15) is 0 Å². The van der Waals surface area contributed by atoms with Crippen molar-refractivity contribution in [3.05, 3.63) is 17.0 Å². The Kier molecular flexibility index (Phi) is 3.92. The Labute approximate surface area is 142 Å². The SMILES string of the molecule is C[C@@H]1Cc2c(C(=O)N3CCC34CCC(CO)CC4)n[nH]c2[C@H](C)O1. The lowest BCUT2D eigenvalue weighted by Crippen LogP contribution is -2.63. The molecule has 2 N–H and O–H groups in total. The highest BCUT2D eigenvalue weighted by molar-refractivity contribution is 5.95. The first kappa shape index (κ1) is 16.1. The van der Waals surface area contributed by atoms with Gasteiger partial charge in [-0.05, 0) is 51.9 Å². The van der Waals surface area contributed by atoms with Crippen molar-refractivity contribution >= 4 is 5.91 Å². The highest BCUT2D eigenvalue weighted by Crippen LogP contribution is 2.45. The number of fused-ring (bicyclic) bond motifs is 1. The molecule has 1 aromatic heterocycles. The summed E-state index contributed by atoms with van der Waals surface area (Å²) in [7, 11) is 0. The van der Waals surface area contributed by atoms with Gasteiger partial charge in [0.05, 0.1) is 17.9 Å². The number of rotatable bonds is 2. The van der Waals surface area contributed by atoms with Crippen LogP contribution in [0.4, 0.5) is 0 Å². The lowest BCUT2D eigenvalue weighted by Gasteiger charge is -2.55. The number of hydrogen-bond donors (Lipinski definition) is 2. The van der Waals surface area contributed by atoms with Gasteiger partial charge in [0.2, 0.25) is 0 Å². The quantitative estimate of drug-likeness (QED) is 0.870. The Hall–Kier alpha value is -1.40. The zero-order valence-corrected chi connectivity index (χ0v) is 14.5. The van der Waals surface area contributed by atoms with Crippen molar-refractivity contribution in [3.8, 4) is 0 Å². The van der Waals surface area contributed by atoms with Crippen LogP contribution in [-0.4, -0.2) is 50.9 Å². The van der Waals surface area contributed by atoms with E-state index in [0.29, 0.717) is 11.6 Å². The second-order valence-corrected chi connectivity index (χ2v) is 7.81. The van der Waals surface area contributed by atoms with Gasteiger partial charge in [0.15, 0.2) is 5.69 Å². The summed E-state index contributed by atoms with van der Waals surface area (Å²) in [4.78, 5) is 15.2. The number of aromatic amines is 1. The van der Waals surface area contributed by atoms with Crippen molar-refractivity contribution in [1.29, 1.82) is 0 Å². The van der Waals surface area contributed by atoms with Gasteiger partial charge in [-0.1, -0.05) is 0 Å². The van der Waals surface area contributed by atoms with Gasteiger partial charge in [-0.2, -0.15) is 5.10 Å². The molecule has 0 radical (unpaired) electrons. The zero-order valence-electron chi connectivity index (χ0n) is 14.5. The monoisotopic (exact) mass is 333 g/mol. The highest BCUT2D eigenvalue weighted by Gasteiger charge is 2.50. The standard InChI is InChI=1S/C18H27N3O3/c1-11-9-14-15(12(2)24-11)19-20-16(14)17(23)21-8-7-18(21)5-3-13(10-22)4-6-18/h11-13,22H,3-10H2,1-2H3,(H,19,20)/t11-,12+,13?,18?/m1/s1. The third kappa shape index (κ3) is 2.39. The molecular formula is C18H27N3O3. The van der Waals surface area contributed by atoms with Gasteiger partial charge in [0.25, 0.3) is 5.91 Å². The Balaban J connectivity index is 1.55. The van der Waals surface area contributed by atoms with E-state index in [4.69, 9.17) is 4.74 Å². The zero-order chi connectivity index (χ0) is 16.9. The molecule has 1 saturated carbocycles. The fourth-order valence-corrected chi connectivity index (χ4v) is 4.75. The molecule has 2 atom stereocenters. The number of aromatic nitrogens is 2. The molecule has 1 aliphatic carbocycles. The fourth-order valence-electron chi connectivity index (χ4n) is 4.75. The van der Waals surface area contributed by atoms with Gasteiger partial charge in [-0.25, -0.2) is 0 Å². The Bertz CT molecular complexity index is 633. The Morgan fingerprint density at radius 3 is 2.75 bits per heavy atom. The van der Waals surface area contributed by atoms with Crippen molar-refractivity contribution in [2.24, 2.45) is 5.92 Å². The number of aliphatic hydroxyl groups excluding tert-OH is 1. The third-order valence-corrected chi connectivity index (χ3v) is 6.35. The smallest absolute Gasteiger partial charge is 0.275 e. The minimum atomic E-state index is -0.0388. The Morgan fingerprint density at radius 2 is 2.12 bits per heavy atom. The van der Waals surface area contributed by atoms with Crippen molar-refractivity contribution in [2.45, 2.75) is 70.1 Å². The second kappa shape index (κ2) is 5.85. The van der Waals surface area contributed by atoms with Crippen molar-refractivity contribution in [3.63, 3.8) is 0 Å². The van der Waals surface area contributed by atoms with Crippen LogP contribution in [0.15, 0.2) is 0 Å². The third-order valence-electron chi connectivity index (χ3n) is 6.35. The van der Waals surface area contributed by atoms with E-state index in [0.717, 1.165) is 56.3 Å². The highest BCUT2D eigenvalue weighted by atomic mass is 16.5. The summed E-state index contributed by atoms with van der Waals surface area (Å²) in [6, 6.07) is 0. The van der Waals surface area contributed by atoms with Crippen LogP contribution in [-0.2, 0) is 11.2 Å². The molecule has 0 unspecified atom stereocenters. The molecule has 0 bridgehead atoms. The summed E-state index contributed by atoms with van der Waals surface area (Å²) < 4.78 is 5.82. The van der Waals surface area contributed by atoms with Crippen molar-refractivity contribution in [2.75, 3.05) is 13.2 Å². The molecular weight excluding hydrogens is 306 g/mol. The van der Waals surface area contributed by atoms with Crippen LogP contribution in [0.5, 0.6) is 0 Å². The maximum atomic E-state index is 13.2. The van der Waals surface area contributed by atoms with E-state index in [2.05, 4.69) is 10.2 Å². The predicted octanol–water partition coefficient (Wildman–Crippen LogP) is 2.20. The van der Waals surface area contributed by atoms with Crippen LogP contribution in [0.2, 0.25) is 0 Å². The largest absolute Gasteiger partial charge is 0.396 e. The average Bonchev–Trinajstić information content (AvgIpc) is 2.98. The van der Waals surface area contributed by atoms with Crippen molar-refractivity contribution in [1.82, 2.24) is 15.1 Å². The summed E-state index contributed by atoms with van der Waals surface area (Å²) >= 11 is 0. The molecule has 2 aliphatic heterocycles. The molecule has 3 aliphatic rings. The summed E-state index contributed by atoms with van der Waals surface area (Å²) in [5.74, 6) is 0.479. The lowest BCUT2D eigenvalue weighted by molar-refractivity contribution is -0.0361. The van der Waals surface area contributed by atoms with Gasteiger partial charge in [0, 0.05) is 30.7 Å². The van der Waals surface area contributed by atoms with Crippen LogP contribution < -0.4 is 0 Å². The van der Waals surface area contributed by atoms with Gasteiger partial charge < -0.3 is 14.7 Å². The van der Waals surface area contributed by atoms with Gasteiger partial charge >= 0.3 is 0 Å². The molecule has 1 saturated heterocycles. The van der Waals surface area contributed by atoms with Crippen LogP contribution in [0.3, 0.4) is 0 Å². The number of aliphatic hydroxyl groups is 1. The van der Waals surface area contributed by atoms with E-state index in [1.54, 1.807) is 0 Å². The summed E-state index contributed by atoms with van der Waals surface area (Å²) in [6.07, 6.45) is 5.94. The molecule has 1 amide bonds. The number of likely N-dealkylation sites (tertiary alicyclic amines) is 1. The molecule has 1 spiro atoms. The number of carbonyl (C=O) groups excluding carboxylic acids is 1. The van der Waals surface area contributed by atoms with E-state index < -0.39 is 0 Å². The number of amides is 1. The van der Waals surface area contributed by atoms with Crippen LogP contribution in [0.25, 0.3) is 0 Å². The first-order valence-corrected chi connectivity index (χ1v) is 9.19.